The van der Waals surface area contributed by atoms with E-state index in [1.54, 1.807) is 23.5 Å². The second kappa shape index (κ2) is 7.12. The Balaban J connectivity index is 1.68. The van der Waals surface area contributed by atoms with Crippen molar-refractivity contribution in [3.63, 3.8) is 0 Å². The molecule has 0 spiro atoms. The Morgan fingerprint density at radius 1 is 0.476 bits per heavy atom. The van der Waals surface area contributed by atoms with Crippen LogP contribution in [0.15, 0.2) is 103 Å². The molecule has 0 aliphatic carbocycles. The molecule has 3 aromatic rings. The first kappa shape index (κ1) is 14.6. The van der Waals surface area contributed by atoms with Gasteiger partial charge in [0.25, 0.3) is 0 Å². The summed E-state index contributed by atoms with van der Waals surface area (Å²) in [5.74, 6) is 0. The van der Waals surface area contributed by atoms with Gasteiger partial charge in [0.05, 0.1) is 0 Å². The van der Waals surface area contributed by atoms with Crippen LogP contribution < -0.4 is 0 Å². The van der Waals surface area contributed by atoms with Gasteiger partial charge < -0.3 is 0 Å². The van der Waals surface area contributed by atoms with Gasteiger partial charge in [-0.25, -0.2) is 0 Å². The zero-order valence-corrected chi connectivity index (χ0v) is 13.8. The van der Waals surface area contributed by atoms with E-state index in [-0.39, 0.29) is 0 Å². The van der Waals surface area contributed by atoms with Crippen molar-refractivity contribution in [2.24, 2.45) is 0 Å². The van der Waals surface area contributed by atoms with E-state index >= 15 is 0 Å². The number of rotatable bonds is 4. The Labute approximate surface area is 139 Å². The molecule has 3 aromatic carbocycles. The Hall–Kier alpha value is -1.29. The van der Waals surface area contributed by atoms with Gasteiger partial charge in [0.2, 0.25) is 0 Å². The van der Waals surface area contributed by atoms with E-state index in [0.717, 1.165) is 4.90 Å². The van der Waals surface area contributed by atoms with Crippen molar-refractivity contribution in [3.8, 4) is 0 Å². The fourth-order valence-corrected chi connectivity index (χ4v) is 3.65. The molecule has 104 valence electrons. The van der Waals surface area contributed by atoms with Crippen molar-refractivity contribution in [1.29, 1.82) is 0 Å². The Kier molecular flexibility index (Phi) is 4.96. The molecule has 0 aliphatic heterocycles. The van der Waals surface area contributed by atoms with Crippen molar-refractivity contribution >= 4 is 36.2 Å². The van der Waals surface area contributed by atoms with Gasteiger partial charge in [-0.15, -0.1) is 12.6 Å². The molecular formula is C18H14S3. The molecule has 0 aromatic heterocycles. The molecule has 0 saturated carbocycles. The lowest BCUT2D eigenvalue weighted by Gasteiger charge is -2.04. The molecule has 0 nitrogen and oxygen atoms in total. The molecule has 21 heavy (non-hydrogen) atoms. The highest BCUT2D eigenvalue weighted by Gasteiger charge is 2.00. The van der Waals surface area contributed by atoms with Crippen molar-refractivity contribution in [2.45, 2.75) is 24.5 Å². The Bertz CT molecular complexity index is 689. The predicted octanol–water partition coefficient (Wildman–Crippen LogP) is 6.28. The summed E-state index contributed by atoms with van der Waals surface area (Å²) in [4.78, 5) is 6.00. The fourth-order valence-electron chi connectivity index (χ4n) is 1.85. The molecule has 0 N–H and O–H groups in total. The van der Waals surface area contributed by atoms with Gasteiger partial charge in [0, 0.05) is 24.5 Å². The van der Waals surface area contributed by atoms with Crippen LogP contribution in [0.3, 0.4) is 0 Å². The molecule has 0 heterocycles. The zero-order valence-electron chi connectivity index (χ0n) is 11.3. The van der Waals surface area contributed by atoms with E-state index < -0.39 is 0 Å². The smallest absolute Gasteiger partial charge is 0.0123 e. The number of benzene rings is 3. The van der Waals surface area contributed by atoms with Crippen LogP contribution in [0.2, 0.25) is 0 Å². The lowest BCUT2D eigenvalue weighted by molar-refractivity contribution is 1.31. The van der Waals surface area contributed by atoms with Crippen molar-refractivity contribution < 1.29 is 0 Å². The minimum atomic E-state index is 0.994. The normalized spacial score (nSPS) is 10.5. The summed E-state index contributed by atoms with van der Waals surface area (Å²) in [6, 6.07) is 27.4. The van der Waals surface area contributed by atoms with Crippen LogP contribution in [-0.2, 0) is 0 Å². The van der Waals surface area contributed by atoms with Crippen molar-refractivity contribution in [2.75, 3.05) is 0 Å². The van der Waals surface area contributed by atoms with Crippen LogP contribution in [-0.4, -0.2) is 0 Å². The average molecular weight is 327 g/mol. The minimum Gasteiger partial charge on any atom is -0.143 e. The maximum atomic E-state index is 4.31. The van der Waals surface area contributed by atoms with E-state index in [9.17, 15) is 0 Å². The highest BCUT2D eigenvalue weighted by molar-refractivity contribution is 7.99. The first-order valence-electron chi connectivity index (χ1n) is 6.59. The topological polar surface area (TPSA) is 0 Å². The van der Waals surface area contributed by atoms with Crippen LogP contribution in [0.25, 0.3) is 0 Å². The van der Waals surface area contributed by atoms with Gasteiger partial charge in [-0.2, -0.15) is 0 Å². The van der Waals surface area contributed by atoms with Gasteiger partial charge in [0.15, 0.2) is 0 Å². The molecule has 0 atom stereocenters. The molecule has 3 heteroatoms. The second-order valence-corrected chi connectivity index (χ2v) is 7.29. The summed E-state index contributed by atoms with van der Waals surface area (Å²) in [5, 5.41) is 0. The highest BCUT2D eigenvalue weighted by atomic mass is 32.2. The zero-order chi connectivity index (χ0) is 14.5. The maximum Gasteiger partial charge on any atom is 0.0123 e. The van der Waals surface area contributed by atoms with Crippen LogP contribution in [0.5, 0.6) is 0 Å². The largest absolute Gasteiger partial charge is 0.143 e. The van der Waals surface area contributed by atoms with E-state index in [4.69, 9.17) is 0 Å². The standard InChI is InChI=1S/C18H14S3/c19-14-6-8-16(9-7-14)21-18-12-10-17(11-13-18)20-15-4-2-1-3-5-15/h1-13,19H. The minimum absolute atomic E-state index is 0.994. The fraction of sp³-hybridized carbons (Fsp3) is 0. The lowest BCUT2D eigenvalue weighted by atomic mass is 10.4. The molecule has 0 fully saturated rings. The summed E-state index contributed by atoms with van der Waals surface area (Å²) < 4.78 is 0. The van der Waals surface area contributed by atoms with Gasteiger partial charge >= 0.3 is 0 Å². The van der Waals surface area contributed by atoms with Crippen LogP contribution >= 0.6 is 36.2 Å². The van der Waals surface area contributed by atoms with Gasteiger partial charge in [0.1, 0.15) is 0 Å². The van der Waals surface area contributed by atoms with Gasteiger partial charge in [-0.3, -0.25) is 0 Å². The average Bonchev–Trinajstić information content (AvgIpc) is 2.53. The van der Waals surface area contributed by atoms with Crippen molar-refractivity contribution in [3.05, 3.63) is 78.9 Å². The van der Waals surface area contributed by atoms with Crippen molar-refractivity contribution in [1.82, 2.24) is 0 Å². The molecular weight excluding hydrogens is 312 g/mol. The molecule has 0 aliphatic rings. The predicted molar refractivity (Wildman–Crippen MR) is 94.8 cm³/mol. The highest BCUT2D eigenvalue weighted by Crippen LogP contribution is 2.32. The van der Waals surface area contributed by atoms with E-state index in [2.05, 4.69) is 73.3 Å². The maximum absolute atomic E-state index is 4.31. The quantitative estimate of drug-likeness (QED) is 0.560. The van der Waals surface area contributed by atoms with Gasteiger partial charge in [-0.1, -0.05) is 41.7 Å². The summed E-state index contributed by atoms with van der Waals surface area (Å²) in [6.07, 6.45) is 0. The summed E-state index contributed by atoms with van der Waals surface area (Å²) in [6.45, 7) is 0. The van der Waals surface area contributed by atoms with Crippen LogP contribution in [0.4, 0.5) is 0 Å². The van der Waals surface area contributed by atoms with Crippen LogP contribution in [0.1, 0.15) is 0 Å². The number of hydrogen-bond acceptors (Lipinski definition) is 3. The first-order valence-corrected chi connectivity index (χ1v) is 8.67. The van der Waals surface area contributed by atoms with E-state index in [1.807, 2.05) is 18.2 Å². The van der Waals surface area contributed by atoms with Gasteiger partial charge in [-0.05, 0) is 60.7 Å². The summed E-state index contributed by atoms with van der Waals surface area (Å²) in [5.41, 5.74) is 0. The molecule has 0 saturated heterocycles. The Morgan fingerprint density at radius 2 is 0.857 bits per heavy atom. The Morgan fingerprint density at radius 3 is 1.33 bits per heavy atom. The second-order valence-electron chi connectivity index (χ2n) is 4.48. The summed E-state index contributed by atoms with van der Waals surface area (Å²) in [7, 11) is 0. The first-order chi connectivity index (χ1) is 10.3. The third-order valence-corrected chi connectivity index (χ3v) is 5.20. The molecule has 0 bridgehead atoms. The molecule has 0 amide bonds. The molecule has 0 unspecified atom stereocenters. The lowest BCUT2D eigenvalue weighted by Crippen LogP contribution is -1.76. The monoisotopic (exact) mass is 326 g/mol. The number of hydrogen-bond donors (Lipinski definition) is 1. The summed E-state index contributed by atoms with van der Waals surface area (Å²) >= 11 is 7.86. The molecule has 3 rings (SSSR count). The SMILES string of the molecule is Sc1ccc(Sc2ccc(Sc3ccccc3)cc2)cc1. The van der Waals surface area contributed by atoms with E-state index in [1.165, 1.54) is 19.6 Å². The van der Waals surface area contributed by atoms with E-state index in [0.29, 0.717) is 0 Å². The molecule has 0 radical (unpaired) electrons. The third kappa shape index (κ3) is 4.34. The van der Waals surface area contributed by atoms with Crippen LogP contribution in [0, 0.1) is 0 Å². The third-order valence-electron chi connectivity index (χ3n) is 2.88. The number of thiol groups is 1.